The summed E-state index contributed by atoms with van der Waals surface area (Å²) in [4.78, 5) is 7.34. The lowest BCUT2D eigenvalue weighted by atomic mass is 9.86. The van der Waals surface area contributed by atoms with Gasteiger partial charge in [-0.15, -0.1) is 34.2 Å². The Kier molecular flexibility index (Phi) is 8.78. The van der Waals surface area contributed by atoms with Gasteiger partial charge in [-0.3, -0.25) is 0 Å². The van der Waals surface area contributed by atoms with E-state index in [1.54, 1.807) is 0 Å². The number of hydrogen-bond acceptors (Lipinski definition) is 4. The minimum atomic E-state index is 0. The molecule has 7 nitrogen and oxygen atoms in total. The molecule has 0 atom stereocenters. The third kappa shape index (κ3) is 5.79. The zero-order chi connectivity index (χ0) is 18.4. The fourth-order valence-electron chi connectivity index (χ4n) is 4.17. The van der Waals surface area contributed by atoms with Crippen LogP contribution in [0.2, 0.25) is 0 Å². The molecule has 1 aliphatic heterocycles. The zero-order valence-corrected chi connectivity index (χ0v) is 19.4. The number of likely N-dealkylation sites (tertiary alicyclic amines) is 1. The van der Waals surface area contributed by atoms with Crippen molar-refractivity contribution in [1.82, 2.24) is 25.0 Å². The van der Waals surface area contributed by atoms with Gasteiger partial charge in [-0.2, -0.15) is 0 Å². The Hall–Kier alpha value is -0.900. The topological polar surface area (TPSA) is 67.6 Å². The maximum Gasteiger partial charge on any atom is 0.194 e. The highest BCUT2D eigenvalue weighted by molar-refractivity contribution is 14.0. The van der Waals surface area contributed by atoms with Crippen molar-refractivity contribution in [3.63, 3.8) is 0 Å². The molecule has 1 spiro atoms. The minimum Gasteiger partial charge on any atom is -0.382 e. The summed E-state index contributed by atoms with van der Waals surface area (Å²) in [6.07, 6.45) is 7.83. The summed E-state index contributed by atoms with van der Waals surface area (Å²) >= 11 is 0. The van der Waals surface area contributed by atoms with E-state index in [9.17, 15) is 0 Å². The van der Waals surface area contributed by atoms with E-state index in [0.717, 1.165) is 56.9 Å². The summed E-state index contributed by atoms with van der Waals surface area (Å²) in [6, 6.07) is 0. The van der Waals surface area contributed by atoms with Gasteiger partial charge < -0.3 is 19.5 Å². The number of guanidine groups is 1. The average molecular weight is 490 g/mol. The Morgan fingerprint density at radius 1 is 1.26 bits per heavy atom. The Morgan fingerprint density at radius 2 is 2.04 bits per heavy atom. The summed E-state index contributed by atoms with van der Waals surface area (Å²) in [6.45, 7) is 9.28. The predicted octanol–water partition coefficient (Wildman–Crippen LogP) is 2.88. The van der Waals surface area contributed by atoms with Gasteiger partial charge in [0.15, 0.2) is 11.8 Å². The van der Waals surface area contributed by atoms with E-state index in [1.807, 2.05) is 25.5 Å². The second kappa shape index (κ2) is 10.6. The quantitative estimate of drug-likeness (QED) is 0.276. The molecule has 0 aromatic carbocycles. The number of rotatable bonds is 7. The van der Waals surface area contributed by atoms with Crippen LogP contribution < -0.4 is 5.32 Å². The van der Waals surface area contributed by atoms with Gasteiger partial charge in [-0.05, 0) is 44.9 Å². The largest absolute Gasteiger partial charge is 0.382 e. The van der Waals surface area contributed by atoms with Crippen LogP contribution in [0.5, 0.6) is 0 Å². The van der Waals surface area contributed by atoms with Crippen LogP contribution in [0.3, 0.4) is 0 Å². The van der Waals surface area contributed by atoms with Crippen LogP contribution in [0.15, 0.2) is 4.99 Å². The smallest absolute Gasteiger partial charge is 0.194 e. The molecule has 1 aromatic rings. The molecule has 1 saturated heterocycles. The molecule has 2 heterocycles. The Labute approximate surface area is 180 Å². The van der Waals surface area contributed by atoms with Crippen LogP contribution in [-0.2, 0) is 18.3 Å². The standard InChI is InChI=1S/C19H34N6O.HI/c1-4-26-13-7-11-20-18(21-14-17-23-22-16(2)24(17)3)25-12-10-19(15-25)8-5-6-9-19;/h4-15H2,1-3H3,(H,20,21);1H. The van der Waals surface area contributed by atoms with E-state index in [-0.39, 0.29) is 24.0 Å². The first-order chi connectivity index (χ1) is 12.6. The van der Waals surface area contributed by atoms with Crippen molar-refractivity contribution in [3.8, 4) is 0 Å². The van der Waals surface area contributed by atoms with Gasteiger partial charge >= 0.3 is 0 Å². The molecule has 0 amide bonds. The highest BCUT2D eigenvalue weighted by Crippen LogP contribution is 2.45. The first-order valence-corrected chi connectivity index (χ1v) is 10.1. The van der Waals surface area contributed by atoms with Crippen molar-refractivity contribution in [3.05, 3.63) is 11.6 Å². The minimum absolute atomic E-state index is 0. The molecule has 0 bridgehead atoms. The Balaban J connectivity index is 0.00000261. The van der Waals surface area contributed by atoms with Crippen molar-refractivity contribution in [2.24, 2.45) is 17.5 Å². The SMILES string of the molecule is CCOCCCNC(=NCc1nnc(C)n1C)N1CCC2(CCCC2)C1.I. The van der Waals surface area contributed by atoms with E-state index in [0.29, 0.717) is 12.0 Å². The lowest BCUT2D eigenvalue weighted by Crippen LogP contribution is -2.41. The van der Waals surface area contributed by atoms with Crippen molar-refractivity contribution < 1.29 is 4.74 Å². The van der Waals surface area contributed by atoms with Crippen molar-refractivity contribution in [2.75, 3.05) is 32.8 Å². The molecule has 27 heavy (non-hydrogen) atoms. The molecule has 3 rings (SSSR count). The van der Waals surface area contributed by atoms with Crippen LogP contribution in [0, 0.1) is 12.3 Å². The average Bonchev–Trinajstić information content (AvgIpc) is 3.35. The van der Waals surface area contributed by atoms with Crippen LogP contribution in [0.1, 0.15) is 57.1 Å². The van der Waals surface area contributed by atoms with Crippen LogP contribution >= 0.6 is 24.0 Å². The van der Waals surface area contributed by atoms with E-state index < -0.39 is 0 Å². The third-order valence-corrected chi connectivity index (χ3v) is 5.91. The maximum absolute atomic E-state index is 5.45. The lowest BCUT2D eigenvalue weighted by molar-refractivity contribution is 0.145. The number of aryl methyl sites for hydroxylation is 1. The molecule has 0 unspecified atom stereocenters. The van der Waals surface area contributed by atoms with E-state index in [2.05, 4.69) is 20.4 Å². The van der Waals surface area contributed by atoms with Gasteiger partial charge in [0.05, 0.1) is 0 Å². The molecule has 8 heteroatoms. The highest BCUT2D eigenvalue weighted by Gasteiger charge is 2.41. The van der Waals surface area contributed by atoms with Gasteiger partial charge in [0.25, 0.3) is 0 Å². The predicted molar refractivity (Wildman–Crippen MR) is 118 cm³/mol. The first kappa shape index (κ1) is 22.4. The monoisotopic (exact) mass is 490 g/mol. The van der Waals surface area contributed by atoms with E-state index in [4.69, 9.17) is 9.73 Å². The van der Waals surface area contributed by atoms with Gasteiger partial charge in [0.1, 0.15) is 12.4 Å². The molecule has 1 aliphatic carbocycles. The summed E-state index contributed by atoms with van der Waals surface area (Å²) in [7, 11) is 2.00. The van der Waals surface area contributed by atoms with E-state index in [1.165, 1.54) is 32.1 Å². The molecule has 154 valence electrons. The maximum atomic E-state index is 5.45. The summed E-state index contributed by atoms with van der Waals surface area (Å²) < 4.78 is 7.46. The summed E-state index contributed by atoms with van der Waals surface area (Å²) in [5.41, 5.74) is 0.537. The molecular formula is C19H35IN6O. The molecule has 1 N–H and O–H groups in total. The molecule has 2 fully saturated rings. The van der Waals surface area contributed by atoms with Crippen LogP contribution in [0.25, 0.3) is 0 Å². The fourth-order valence-corrected chi connectivity index (χ4v) is 4.17. The van der Waals surface area contributed by atoms with Crippen LogP contribution in [0.4, 0.5) is 0 Å². The third-order valence-electron chi connectivity index (χ3n) is 5.91. The van der Waals surface area contributed by atoms with Gasteiger partial charge in [-0.1, -0.05) is 12.8 Å². The number of aromatic nitrogens is 3. The normalized spacial score (nSPS) is 18.9. The molecule has 1 aromatic heterocycles. The number of nitrogens with zero attached hydrogens (tertiary/aromatic N) is 5. The zero-order valence-electron chi connectivity index (χ0n) is 17.0. The van der Waals surface area contributed by atoms with Gasteiger partial charge in [0, 0.05) is 39.9 Å². The molecular weight excluding hydrogens is 455 g/mol. The number of aliphatic imine (C=N–C) groups is 1. The molecule has 0 radical (unpaired) electrons. The van der Waals surface area contributed by atoms with Crippen molar-refractivity contribution in [2.45, 2.75) is 58.9 Å². The van der Waals surface area contributed by atoms with Crippen LogP contribution in [-0.4, -0.2) is 58.5 Å². The molecule has 2 aliphatic rings. The number of ether oxygens (including phenoxy) is 1. The van der Waals surface area contributed by atoms with Crippen molar-refractivity contribution >= 4 is 29.9 Å². The number of nitrogens with one attached hydrogen (secondary N) is 1. The number of halogens is 1. The molecule has 1 saturated carbocycles. The lowest BCUT2D eigenvalue weighted by Gasteiger charge is -2.26. The summed E-state index contributed by atoms with van der Waals surface area (Å²) in [5, 5.41) is 11.9. The summed E-state index contributed by atoms with van der Waals surface area (Å²) in [5.74, 6) is 2.85. The number of hydrogen-bond donors (Lipinski definition) is 1. The second-order valence-corrected chi connectivity index (χ2v) is 7.72. The Morgan fingerprint density at radius 3 is 2.70 bits per heavy atom. The van der Waals surface area contributed by atoms with Crippen molar-refractivity contribution in [1.29, 1.82) is 0 Å². The Bertz CT molecular complexity index is 611. The highest BCUT2D eigenvalue weighted by atomic mass is 127. The fraction of sp³-hybridized carbons (Fsp3) is 0.842. The van der Waals surface area contributed by atoms with E-state index >= 15 is 0 Å². The van der Waals surface area contributed by atoms with Gasteiger partial charge in [-0.25, -0.2) is 4.99 Å². The first-order valence-electron chi connectivity index (χ1n) is 10.1. The van der Waals surface area contributed by atoms with Gasteiger partial charge in [0.2, 0.25) is 0 Å². The second-order valence-electron chi connectivity index (χ2n) is 7.72.